The van der Waals surface area contributed by atoms with E-state index in [4.69, 9.17) is 0 Å². The molecule has 1 unspecified atom stereocenters. The van der Waals surface area contributed by atoms with Crippen LogP contribution in [0.25, 0.3) is 0 Å². The van der Waals surface area contributed by atoms with Gasteiger partial charge in [-0.2, -0.15) is 4.37 Å². The molecule has 3 nitrogen and oxygen atoms in total. The summed E-state index contributed by atoms with van der Waals surface area (Å²) in [5.74, 6) is 0.336. The lowest BCUT2D eigenvalue weighted by atomic mass is 10.1. The molecule has 2 rings (SSSR count). The first kappa shape index (κ1) is 13.2. The maximum Gasteiger partial charge on any atom is 0.175 e. The fourth-order valence-corrected chi connectivity index (χ4v) is 3.25. The lowest BCUT2D eigenvalue weighted by Gasteiger charge is -2.07. The summed E-state index contributed by atoms with van der Waals surface area (Å²) in [6.07, 6.45) is 0. The van der Waals surface area contributed by atoms with Crippen LogP contribution in [0.4, 0.5) is 4.39 Å². The van der Waals surface area contributed by atoms with Crippen LogP contribution in [0.5, 0.6) is 0 Å². The number of aryl methyl sites for hydroxylation is 1. The Bertz CT molecular complexity index is 553. The smallest absolute Gasteiger partial charge is 0.175 e. The number of ketones is 1. The number of aromatic nitrogens is 2. The van der Waals surface area contributed by atoms with E-state index in [2.05, 4.69) is 9.36 Å². The summed E-state index contributed by atoms with van der Waals surface area (Å²) < 4.78 is 17.6. The molecule has 0 spiro atoms. The average molecular weight is 282 g/mol. The summed E-state index contributed by atoms with van der Waals surface area (Å²) in [6, 6.07) is 5.58. The number of carbonyl (C=O) groups is 1. The van der Waals surface area contributed by atoms with Crippen molar-refractivity contribution in [3.8, 4) is 0 Å². The van der Waals surface area contributed by atoms with Crippen molar-refractivity contribution in [2.45, 2.75) is 23.4 Å². The van der Waals surface area contributed by atoms with Crippen LogP contribution in [0.3, 0.4) is 0 Å². The van der Waals surface area contributed by atoms with Gasteiger partial charge in [-0.1, -0.05) is 11.8 Å². The normalized spacial score (nSPS) is 12.4. The van der Waals surface area contributed by atoms with Crippen molar-refractivity contribution in [2.24, 2.45) is 0 Å². The second-order valence-corrected chi connectivity index (χ2v) is 6.08. The number of benzene rings is 1. The van der Waals surface area contributed by atoms with Gasteiger partial charge in [0, 0.05) is 5.56 Å². The van der Waals surface area contributed by atoms with Crippen molar-refractivity contribution in [3.63, 3.8) is 0 Å². The molecule has 0 N–H and O–H groups in total. The van der Waals surface area contributed by atoms with E-state index in [9.17, 15) is 9.18 Å². The third-order valence-electron chi connectivity index (χ3n) is 2.28. The van der Waals surface area contributed by atoms with E-state index in [1.165, 1.54) is 47.6 Å². The third kappa shape index (κ3) is 3.14. The number of carbonyl (C=O) groups excluding carboxylic acids is 1. The van der Waals surface area contributed by atoms with E-state index >= 15 is 0 Å². The summed E-state index contributed by atoms with van der Waals surface area (Å²) in [7, 11) is 0. The second kappa shape index (κ2) is 5.58. The van der Waals surface area contributed by atoms with Crippen LogP contribution in [0, 0.1) is 12.7 Å². The van der Waals surface area contributed by atoms with Gasteiger partial charge in [0.1, 0.15) is 11.6 Å². The highest BCUT2D eigenvalue weighted by Gasteiger charge is 2.18. The molecule has 6 heteroatoms. The topological polar surface area (TPSA) is 42.9 Å². The van der Waals surface area contributed by atoms with Gasteiger partial charge in [0.15, 0.2) is 10.1 Å². The molecule has 0 fully saturated rings. The molecule has 1 aromatic heterocycles. The third-order valence-corrected chi connectivity index (χ3v) is 4.26. The number of nitrogens with zero attached hydrogens (tertiary/aromatic N) is 2. The number of hydrogen-bond acceptors (Lipinski definition) is 5. The predicted octanol–water partition coefficient (Wildman–Crippen LogP) is 3.35. The average Bonchev–Trinajstić information content (AvgIpc) is 2.75. The molecule has 94 valence electrons. The Morgan fingerprint density at radius 1 is 1.39 bits per heavy atom. The summed E-state index contributed by atoms with van der Waals surface area (Å²) in [6.45, 7) is 3.63. The molecule has 18 heavy (non-hydrogen) atoms. The van der Waals surface area contributed by atoms with Crippen LogP contribution in [-0.2, 0) is 0 Å². The molecule has 1 aromatic carbocycles. The molecule has 0 saturated carbocycles. The first-order chi connectivity index (χ1) is 8.56. The van der Waals surface area contributed by atoms with Gasteiger partial charge < -0.3 is 0 Å². The first-order valence-corrected chi connectivity index (χ1v) is 6.98. The fraction of sp³-hybridized carbons (Fsp3) is 0.250. The van der Waals surface area contributed by atoms with E-state index in [1.807, 2.05) is 13.8 Å². The molecule has 0 aliphatic rings. The van der Waals surface area contributed by atoms with Gasteiger partial charge in [-0.25, -0.2) is 9.37 Å². The van der Waals surface area contributed by atoms with Crippen LogP contribution in [-0.4, -0.2) is 20.4 Å². The van der Waals surface area contributed by atoms with Gasteiger partial charge >= 0.3 is 0 Å². The molecular weight excluding hydrogens is 271 g/mol. The van der Waals surface area contributed by atoms with Gasteiger partial charge in [-0.15, -0.1) is 0 Å². The van der Waals surface area contributed by atoms with Gasteiger partial charge in [0.05, 0.1) is 5.25 Å². The fourth-order valence-electron chi connectivity index (χ4n) is 1.38. The van der Waals surface area contributed by atoms with E-state index in [0.29, 0.717) is 11.4 Å². The minimum absolute atomic E-state index is 0.0344. The van der Waals surface area contributed by atoms with Crippen LogP contribution < -0.4 is 0 Å². The molecular formula is C12H11FN2OS2. The van der Waals surface area contributed by atoms with Crippen LogP contribution >= 0.6 is 23.3 Å². The number of hydrogen-bond donors (Lipinski definition) is 0. The van der Waals surface area contributed by atoms with E-state index in [-0.39, 0.29) is 16.9 Å². The molecule has 0 amide bonds. The number of rotatable bonds is 4. The number of Topliss-reactive ketones (excluding diaryl/α,β-unsaturated/α-hetero) is 1. The molecule has 0 saturated heterocycles. The zero-order valence-electron chi connectivity index (χ0n) is 9.88. The Hall–Kier alpha value is -1.27. The summed E-state index contributed by atoms with van der Waals surface area (Å²) in [5.41, 5.74) is 0.512. The molecule has 1 heterocycles. The summed E-state index contributed by atoms with van der Waals surface area (Å²) >= 11 is 2.66. The lowest BCUT2D eigenvalue weighted by molar-refractivity contribution is 0.0994. The highest BCUT2D eigenvalue weighted by molar-refractivity contribution is 8.02. The van der Waals surface area contributed by atoms with E-state index < -0.39 is 0 Å². The highest BCUT2D eigenvalue weighted by Crippen LogP contribution is 2.26. The van der Waals surface area contributed by atoms with Gasteiger partial charge in [-0.05, 0) is 49.6 Å². The zero-order valence-corrected chi connectivity index (χ0v) is 11.5. The van der Waals surface area contributed by atoms with Crippen LogP contribution in [0.15, 0.2) is 28.6 Å². The standard InChI is InChI=1S/C12H11FN2OS2/c1-7(17-12-14-8(2)15-18-12)11(16)9-3-5-10(13)6-4-9/h3-7H,1-2H3. The van der Waals surface area contributed by atoms with Crippen LogP contribution in [0.2, 0.25) is 0 Å². The largest absolute Gasteiger partial charge is 0.293 e. The Labute approximate surface area is 113 Å². The van der Waals surface area contributed by atoms with E-state index in [0.717, 1.165) is 4.34 Å². The number of thioether (sulfide) groups is 1. The Morgan fingerprint density at radius 2 is 2.06 bits per heavy atom. The Morgan fingerprint density at radius 3 is 2.61 bits per heavy atom. The van der Waals surface area contributed by atoms with Gasteiger partial charge in [0.25, 0.3) is 0 Å². The van der Waals surface area contributed by atoms with Crippen molar-refractivity contribution in [1.29, 1.82) is 0 Å². The molecule has 0 radical (unpaired) electrons. The minimum Gasteiger partial charge on any atom is -0.293 e. The second-order valence-electron chi connectivity index (χ2n) is 3.74. The number of halogens is 1. The van der Waals surface area contributed by atoms with Crippen molar-refractivity contribution < 1.29 is 9.18 Å². The predicted molar refractivity (Wildman–Crippen MR) is 70.7 cm³/mol. The van der Waals surface area contributed by atoms with Gasteiger partial charge in [-0.3, -0.25) is 4.79 Å². The summed E-state index contributed by atoms with van der Waals surface area (Å²) in [5, 5.41) is -0.261. The monoisotopic (exact) mass is 282 g/mol. The quantitative estimate of drug-likeness (QED) is 0.637. The maximum absolute atomic E-state index is 12.8. The first-order valence-electron chi connectivity index (χ1n) is 5.33. The minimum atomic E-state index is -0.341. The lowest BCUT2D eigenvalue weighted by Crippen LogP contribution is -2.13. The molecule has 0 aliphatic carbocycles. The Kier molecular flexibility index (Phi) is 4.08. The maximum atomic E-state index is 12.8. The zero-order chi connectivity index (χ0) is 13.1. The molecule has 2 aromatic rings. The van der Waals surface area contributed by atoms with Gasteiger partial charge in [0.2, 0.25) is 0 Å². The molecule has 0 bridgehead atoms. The Balaban J connectivity index is 2.07. The van der Waals surface area contributed by atoms with E-state index in [1.54, 1.807) is 0 Å². The summed E-state index contributed by atoms with van der Waals surface area (Å²) in [4.78, 5) is 16.3. The van der Waals surface area contributed by atoms with Crippen LogP contribution in [0.1, 0.15) is 23.1 Å². The SMILES string of the molecule is Cc1nsc(SC(C)C(=O)c2ccc(F)cc2)n1. The molecule has 0 aliphatic heterocycles. The van der Waals surface area contributed by atoms with Crippen molar-refractivity contribution in [3.05, 3.63) is 41.5 Å². The highest BCUT2D eigenvalue weighted by atomic mass is 32.2. The van der Waals surface area contributed by atoms with Crippen molar-refractivity contribution in [2.75, 3.05) is 0 Å². The van der Waals surface area contributed by atoms with Crippen molar-refractivity contribution >= 4 is 29.1 Å². The van der Waals surface area contributed by atoms with Crippen molar-refractivity contribution in [1.82, 2.24) is 9.36 Å². The molecule has 1 atom stereocenters.